The summed E-state index contributed by atoms with van der Waals surface area (Å²) in [6.07, 6.45) is 13.5. The summed E-state index contributed by atoms with van der Waals surface area (Å²) in [5.74, 6) is 0. The zero-order chi connectivity index (χ0) is 12.5. The molecule has 0 fully saturated rings. The number of nitrogens with zero attached hydrogens (tertiary/aromatic N) is 2. The van der Waals surface area contributed by atoms with Crippen molar-refractivity contribution < 1.29 is 0 Å². The largest absolute Gasteiger partial charge is 0.313 e. The van der Waals surface area contributed by atoms with Gasteiger partial charge < -0.3 is 5.32 Å². The summed E-state index contributed by atoms with van der Waals surface area (Å²) in [5, 5.41) is 7.61. The predicted molar refractivity (Wildman–Crippen MR) is 73.0 cm³/mol. The molecule has 1 N–H and O–H groups in total. The zero-order valence-corrected chi connectivity index (χ0v) is 11.6. The highest BCUT2D eigenvalue weighted by atomic mass is 15.2. The lowest BCUT2D eigenvalue weighted by molar-refractivity contribution is 0.497. The van der Waals surface area contributed by atoms with Crippen LogP contribution in [0.25, 0.3) is 0 Å². The molecule has 0 amide bonds. The number of rotatable bonds is 9. The molecule has 0 aliphatic carbocycles. The molecule has 1 unspecified atom stereocenters. The van der Waals surface area contributed by atoms with E-state index in [1.807, 2.05) is 25.0 Å². The number of hydrogen-bond donors (Lipinski definition) is 1. The SMILES string of the molecule is CCCCCCCCC(NC)c1cnn(C)c1. The zero-order valence-electron chi connectivity index (χ0n) is 11.6. The normalized spacial score (nSPS) is 12.9. The van der Waals surface area contributed by atoms with Gasteiger partial charge in [-0.1, -0.05) is 45.4 Å². The molecule has 1 atom stereocenters. The van der Waals surface area contributed by atoms with Gasteiger partial charge in [0.2, 0.25) is 0 Å². The fourth-order valence-corrected chi connectivity index (χ4v) is 2.23. The van der Waals surface area contributed by atoms with Crippen LogP contribution < -0.4 is 5.32 Å². The predicted octanol–water partition coefficient (Wildman–Crippen LogP) is 3.43. The summed E-state index contributed by atoms with van der Waals surface area (Å²) in [5.41, 5.74) is 1.31. The lowest BCUT2D eigenvalue weighted by Crippen LogP contribution is -2.15. The van der Waals surface area contributed by atoms with Crippen LogP contribution in [-0.2, 0) is 7.05 Å². The number of unbranched alkanes of at least 4 members (excludes halogenated alkanes) is 5. The Morgan fingerprint density at radius 1 is 1.24 bits per heavy atom. The van der Waals surface area contributed by atoms with Crippen LogP contribution in [0.5, 0.6) is 0 Å². The van der Waals surface area contributed by atoms with E-state index >= 15 is 0 Å². The third kappa shape index (κ3) is 5.35. The fraction of sp³-hybridized carbons (Fsp3) is 0.786. The van der Waals surface area contributed by atoms with Crippen LogP contribution in [0.1, 0.15) is 63.5 Å². The number of nitrogens with one attached hydrogen (secondary N) is 1. The van der Waals surface area contributed by atoms with E-state index in [0.29, 0.717) is 6.04 Å². The van der Waals surface area contributed by atoms with E-state index in [0.717, 1.165) is 0 Å². The molecule has 3 heteroatoms. The van der Waals surface area contributed by atoms with Crippen LogP contribution in [0.4, 0.5) is 0 Å². The number of aryl methyl sites for hydroxylation is 1. The molecule has 1 aromatic heterocycles. The molecule has 0 aromatic carbocycles. The average molecular weight is 237 g/mol. The first-order valence-electron chi connectivity index (χ1n) is 6.93. The van der Waals surface area contributed by atoms with Gasteiger partial charge in [0, 0.05) is 24.8 Å². The van der Waals surface area contributed by atoms with E-state index < -0.39 is 0 Å². The minimum absolute atomic E-state index is 0.467. The van der Waals surface area contributed by atoms with Gasteiger partial charge in [-0.2, -0.15) is 5.10 Å². The Labute approximate surface area is 106 Å². The van der Waals surface area contributed by atoms with Gasteiger partial charge in [-0.15, -0.1) is 0 Å². The molecule has 0 spiro atoms. The van der Waals surface area contributed by atoms with Crippen molar-refractivity contribution in [1.82, 2.24) is 15.1 Å². The van der Waals surface area contributed by atoms with Crippen molar-refractivity contribution in [1.29, 1.82) is 0 Å². The van der Waals surface area contributed by atoms with Crippen molar-refractivity contribution in [3.63, 3.8) is 0 Å². The van der Waals surface area contributed by atoms with Crippen LogP contribution in [0.3, 0.4) is 0 Å². The van der Waals surface area contributed by atoms with Crippen LogP contribution in [0.2, 0.25) is 0 Å². The molecule has 0 aliphatic heterocycles. The summed E-state index contributed by atoms with van der Waals surface area (Å²) in [7, 11) is 4.01. The molecule has 0 saturated carbocycles. The third-order valence-corrected chi connectivity index (χ3v) is 3.32. The second-order valence-electron chi connectivity index (χ2n) is 4.85. The first kappa shape index (κ1) is 14.2. The average Bonchev–Trinajstić information content (AvgIpc) is 2.75. The molecule has 1 aromatic rings. The second kappa shape index (κ2) is 8.29. The summed E-state index contributed by atoms with van der Waals surface area (Å²) in [4.78, 5) is 0. The van der Waals surface area contributed by atoms with Gasteiger partial charge in [0.15, 0.2) is 0 Å². The van der Waals surface area contributed by atoms with E-state index in [1.165, 1.54) is 50.5 Å². The molecular weight excluding hydrogens is 210 g/mol. The maximum atomic E-state index is 4.23. The highest BCUT2D eigenvalue weighted by Gasteiger charge is 2.10. The van der Waals surface area contributed by atoms with E-state index in [1.54, 1.807) is 0 Å². The van der Waals surface area contributed by atoms with Crippen LogP contribution >= 0.6 is 0 Å². The lowest BCUT2D eigenvalue weighted by atomic mass is 10.0. The van der Waals surface area contributed by atoms with Gasteiger partial charge in [-0.25, -0.2) is 0 Å². The highest BCUT2D eigenvalue weighted by Crippen LogP contribution is 2.19. The molecule has 1 heterocycles. The molecule has 0 bridgehead atoms. The quantitative estimate of drug-likeness (QED) is 0.667. The summed E-state index contributed by atoms with van der Waals surface area (Å²) >= 11 is 0. The summed E-state index contributed by atoms with van der Waals surface area (Å²) < 4.78 is 1.88. The van der Waals surface area contributed by atoms with Gasteiger partial charge in [0.05, 0.1) is 6.20 Å². The summed E-state index contributed by atoms with van der Waals surface area (Å²) in [6.45, 7) is 2.26. The van der Waals surface area contributed by atoms with Crippen molar-refractivity contribution in [3.05, 3.63) is 18.0 Å². The van der Waals surface area contributed by atoms with E-state index in [4.69, 9.17) is 0 Å². The molecule has 0 aliphatic rings. The lowest BCUT2D eigenvalue weighted by Gasteiger charge is -2.13. The smallest absolute Gasteiger partial charge is 0.0537 e. The summed E-state index contributed by atoms with van der Waals surface area (Å²) in [6, 6.07) is 0.467. The molecule has 0 saturated heterocycles. The van der Waals surface area contributed by atoms with Crippen LogP contribution in [0, 0.1) is 0 Å². The topological polar surface area (TPSA) is 29.9 Å². The van der Waals surface area contributed by atoms with Gasteiger partial charge >= 0.3 is 0 Å². The van der Waals surface area contributed by atoms with Crippen LogP contribution in [-0.4, -0.2) is 16.8 Å². The molecule has 98 valence electrons. The standard InChI is InChI=1S/C14H27N3/c1-4-5-6-7-8-9-10-14(15-2)13-11-16-17(3)12-13/h11-12,14-15H,4-10H2,1-3H3. The van der Waals surface area contributed by atoms with Crippen molar-refractivity contribution >= 4 is 0 Å². The van der Waals surface area contributed by atoms with Crippen molar-refractivity contribution in [3.8, 4) is 0 Å². The number of hydrogen-bond acceptors (Lipinski definition) is 2. The van der Waals surface area contributed by atoms with E-state index in [9.17, 15) is 0 Å². The molecule has 3 nitrogen and oxygen atoms in total. The van der Waals surface area contributed by atoms with Crippen molar-refractivity contribution in [2.45, 2.75) is 57.9 Å². The van der Waals surface area contributed by atoms with Gasteiger partial charge in [0.25, 0.3) is 0 Å². The monoisotopic (exact) mass is 237 g/mol. The first-order chi connectivity index (χ1) is 8.27. The minimum atomic E-state index is 0.467. The minimum Gasteiger partial charge on any atom is -0.313 e. The molecule has 0 radical (unpaired) electrons. The Bertz CT molecular complexity index is 293. The highest BCUT2D eigenvalue weighted by molar-refractivity contribution is 5.09. The van der Waals surface area contributed by atoms with Crippen molar-refractivity contribution in [2.24, 2.45) is 7.05 Å². The maximum Gasteiger partial charge on any atom is 0.0537 e. The Balaban J connectivity index is 2.19. The van der Waals surface area contributed by atoms with Gasteiger partial charge in [0.1, 0.15) is 0 Å². The van der Waals surface area contributed by atoms with Crippen molar-refractivity contribution in [2.75, 3.05) is 7.05 Å². The Morgan fingerprint density at radius 3 is 2.53 bits per heavy atom. The van der Waals surface area contributed by atoms with E-state index in [-0.39, 0.29) is 0 Å². The Kier molecular flexibility index (Phi) is 6.94. The Hall–Kier alpha value is -0.830. The molecular formula is C14H27N3. The van der Waals surface area contributed by atoms with Gasteiger partial charge in [-0.05, 0) is 13.5 Å². The molecule has 1 rings (SSSR count). The second-order valence-corrected chi connectivity index (χ2v) is 4.85. The first-order valence-corrected chi connectivity index (χ1v) is 6.93. The van der Waals surface area contributed by atoms with Crippen LogP contribution in [0.15, 0.2) is 12.4 Å². The number of aromatic nitrogens is 2. The third-order valence-electron chi connectivity index (χ3n) is 3.32. The Morgan fingerprint density at radius 2 is 1.94 bits per heavy atom. The van der Waals surface area contributed by atoms with E-state index in [2.05, 4.69) is 23.5 Å². The van der Waals surface area contributed by atoms with Gasteiger partial charge in [-0.3, -0.25) is 4.68 Å². The molecule has 17 heavy (non-hydrogen) atoms. The maximum absolute atomic E-state index is 4.23. The fourth-order valence-electron chi connectivity index (χ4n) is 2.23.